The number of morpholine rings is 2. The average Bonchev–Trinajstić information content (AvgIpc) is 3.61. The molecule has 0 spiro atoms. The van der Waals surface area contributed by atoms with Gasteiger partial charge in [-0.3, -0.25) is 4.68 Å². The Kier molecular flexibility index (Phi) is 5.63. The van der Waals surface area contributed by atoms with Crippen molar-refractivity contribution in [2.75, 3.05) is 49.3 Å². The molecule has 36 heavy (non-hydrogen) atoms. The number of hydrogen-bond acceptors (Lipinski definition) is 8. The molecule has 4 unspecified atom stereocenters. The van der Waals surface area contributed by atoms with E-state index in [-0.39, 0.29) is 12.3 Å². The third-order valence-corrected chi connectivity index (χ3v) is 8.10. The van der Waals surface area contributed by atoms with Gasteiger partial charge in [-0.1, -0.05) is 0 Å². The molecule has 0 saturated carbocycles. The fourth-order valence-electron chi connectivity index (χ4n) is 6.24. The zero-order valence-electron chi connectivity index (χ0n) is 21.2. The van der Waals surface area contributed by atoms with Crippen molar-refractivity contribution in [2.45, 2.75) is 63.5 Å². The number of pyridine rings is 1. The fourth-order valence-corrected chi connectivity index (χ4v) is 6.24. The number of aryl methyl sites for hydroxylation is 1. The van der Waals surface area contributed by atoms with E-state index in [9.17, 15) is 0 Å². The highest BCUT2D eigenvalue weighted by atomic mass is 16.5. The Balaban J connectivity index is 1.34. The van der Waals surface area contributed by atoms with Gasteiger partial charge in [-0.05, 0) is 45.1 Å². The molecule has 2 bridgehead atoms. The van der Waals surface area contributed by atoms with E-state index in [4.69, 9.17) is 29.4 Å². The van der Waals surface area contributed by atoms with Crippen LogP contribution in [-0.4, -0.2) is 82.2 Å². The van der Waals surface area contributed by atoms with Crippen molar-refractivity contribution in [1.82, 2.24) is 24.5 Å². The van der Waals surface area contributed by atoms with Crippen LogP contribution >= 0.6 is 0 Å². The molecule has 3 aromatic rings. The second kappa shape index (κ2) is 9.00. The predicted molar refractivity (Wildman–Crippen MR) is 136 cm³/mol. The number of hydrogen-bond donors (Lipinski definition) is 0. The average molecular weight is 494 g/mol. The Labute approximate surface area is 211 Å². The second-order valence-corrected chi connectivity index (χ2v) is 10.7. The first kappa shape index (κ1) is 22.5. The molecular formula is C26H35N7O3. The molecule has 7 heterocycles. The third-order valence-electron chi connectivity index (χ3n) is 8.10. The van der Waals surface area contributed by atoms with Crippen molar-refractivity contribution in [3.63, 3.8) is 0 Å². The molecule has 0 amide bonds. The summed E-state index contributed by atoms with van der Waals surface area (Å²) in [6.45, 7) is 7.08. The van der Waals surface area contributed by atoms with E-state index in [1.807, 2.05) is 28.7 Å². The van der Waals surface area contributed by atoms with Gasteiger partial charge in [-0.25, -0.2) is 9.67 Å². The molecule has 192 valence electrons. The van der Waals surface area contributed by atoms with Gasteiger partial charge < -0.3 is 24.0 Å². The van der Waals surface area contributed by atoms with Crippen LogP contribution in [0.15, 0.2) is 18.3 Å². The summed E-state index contributed by atoms with van der Waals surface area (Å²) < 4.78 is 21.8. The minimum Gasteiger partial charge on any atom is -0.377 e. The van der Waals surface area contributed by atoms with Crippen LogP contribution in [0.25, 0.3) is 22.4 Å². The zero-order chi connectivity index (χ0) is 24.2. The second-order valence-electron chi connectivity index (χ2n) is 10.7. The highest BCUT2D eigenvalue weighted by Crippen LogP contribution is 2.38. The maximum Gasteiger partial charge on any atom is 0.150 e. The van der Waals surface area contributed by atoms with E-state index in [0.29, 0.717) is 12.2 Å². The third kappa shape index (κ3) is 3.86. The highest BCUT2D eigenvalue weighted by molar-refractivity contribution is 5.98. The summed E-state index contributed by atoms with van der Waals surface area (Å²) in [6, 6.07) is 4.58. The van der Waals surface area contributed by atoms with E-state index in [2.05, 4.69) is 22.8 Å². The molecule has 0 aromatic carbocycles. The largest absolute Gasteiger partial charge is 0.377 e. The molecule has 0 radical (unpaired) electrons. The maximum absolute atomic E-state index is 6.12. The first-order valence-electron chi connectivity index (χ1n) is 13.4. The van der Waals surface area contributed by atoms with Crippen molar-refractivity contribution >= 4 is 22.5 Å². The summed E-state index contributed by atoms with van der Waals surface area (Å²) in [4.78, 5) is 10.1. The summed E-state index contributed by atoms with van der Waals surface area (Å²) in [6.07, 6.45) is 8.16. The molecule has 4 aliphatic heterocycles. The lowest BCUT2D eigenvalue weighted by atomic mass is 10.1. The molecule has 0 aliphatic carbocycles. The zero-order valence-corrected chi connectivity index (χ0v) is 21.2. The van der Waals surface area contributed by atoms with Crippen molar-refractivity contribution in [3.8, 4) is 11.4 Å². The lowest BCUT2D eigenvalue weighted by Gasteiger charge is -2.37. The number of fused-ring (bicyclic) bond motifs is 3. The van der Waals surface area contributed by atoms with Crippen LogP contribution in [0, 0.1) is 0 Å². The van der Waals surface area contributed by atoms with Gasteiger partial charge in [0.15, 0.2) is 0 Å². The highest BCUT2D eigenvalue weighted by Gasteiger charge is 2.35. The number of nitrogens with zero attached hydrogens (tertiary/aromatic N) is 7. The summed E-state index contributed by atoms with van der Waals surface area (Å²) in [7, 11) is 2.01. The van der Waals surface area contributed by atoms with Crippen LogP contribution in [0.4, 0.5) is 11.5 Å². The topological polar surface area (TPSA) is 82.7 Å². The van der Waals surface area contributed by atoms with Gasteiger partial charge in [-0.2, -0.15) is 10.2 Å². The molecule has 4 atom stereocenters. The van der Waals surface area contributed by atoms with Gasteiger partial charge in [0.05, 0.1) is 31.1 Å². The minimum atomic E-state index is -0.000387. The Hall–Kier alpha value is -2.69. The quantitative estimate of drug-likeness (QED) is 0.548. The molecule has 4 aliphatic rings. The van der Waals surface area contributed by atoms with E-state index in [0.717, 1.165) is 93.4 Å². The Bertz CT molecular complexity index is 1240. The number of rotatable bonds is 4. The van der Waals surface area contributed by atoms with Crippen molar-refractivity contribution in [2.24, 2.45) is 7.05 Å². The normalized spacial score (nSPS) is 28.8. The van der Waals surface area contributed by atoms with E-state index in [1.165, 1.54) is 12.1 Å². The SMILES string of the molecule is CC1COCCN1c1cc(N2CC3CCC(C2)O3)nc2c(-c3ccn(C4CCCCO4)n3)nn(C)c12. The molecule has 10 nitrogen and oxygen atoms in total. The lowest BCUT2D eigenvalue weighted by Crippen LogP contribution is -2.45. The van der Waals surface area contributed by atoms with E-state index in [1.54, 1.807) is 0 Å². The van der Waals surface area contributed by atoms with Gasteiger partial charge in [0.25, 0.3) is 0 Å². The Morgan fingerprint density at radius 1 is 1.03 bits per heavy atom. The Morgan fingerprint density at radius 3 is 2.67 bits per heavy atom. The van der Waals surface area contributed by atoms with Gasteiger partial charge in [0.2, 0.25) is 0 Å². The Morgan fingerprint density at radius 2 is 1.89 bits per heavy atom. The molecule has 0 N–H and O–H groups in total. The number of aromatic nitrogens is 5. The van der Waals surface area contributed by atoms with Crippen LogP contribution in [0.1, 0.15) is 45.3 Å². The van der Waals surface area contributed by atoms with Gasteiger partial charge in [0, 0.05) is 51.6 Å². The maximum atomic E-state index is 6.12. The van der Waals surface area contributed by atoms with Gasteiger partial charge in [-0.15, -0.1) is 0 Å². The van der Waals surface area contributed by atoms with Gasteiger partial charge >= 0.3 is 0 Å². The smallest absolute Gasteiger partial charge is 0.150 e. The predicted octanol–water partition coefficient (Wildman–Crippen LogP) is 3.12. The fraction of sp³-hybridized carbons (Fsp3) is 0.654. The molecule has 10 heteroatoms. The van der Waals surface area contributed by atoms with Crippen LogP contribution in [0.3, 0.4) is 0 Å². The number of anilines is 2. The summed E-state index contributed by atoms with van der Waals surface area (Å²) >= 11 is 0. The molecule has 3 aromatic heterocycles. The van der Waals surface area contributed by atoms with Crippen LogP contribution in [-0.2, 0) is 21.3 Å². The van der Waals surface area contributed by atoms with Crippen molar-refractivity contribution < 1.29 is 14.2 Å². The van der Waals surface area contributed by atoms with Crippen LogP contribution < -0.4 is 9.80 Å². The van der Waals surface area contributed by atoms with Crippen LogP contribution in [0.2, 0.25) is 0 Å². The lowest BCUT2D eigenvalue weighted by molar-refractivity contribution is -0.0393. The molecular weight excluding hydrogens is 458 g/mol. The monoisotopic (exact) mass is 493 g/mol. The summed E-state index contributed by atoms with van der Waals surface area (Å²) in [5, 5.41) is 9.87. The summed E-state index contributed by atoms with van der Waals surface area (Å²) in [5.74, 6) is 1.00. The number of ether oxygens (including phenoxy) is 3. The molecule has 7 rings (SSSR count). The molecule has 4 saturated heterocycles. The van der Waals surface area contributed by atoms with Crippen LogP contribution in [0.5, 0.6) is 0 Å². The standard InChI is InChI=1S/C26H35N7O3/c1-17-16-34-12-10-32(17)21-13-22(31-14-18-6-7-19(15-31)36-18)27-25-24(29-30(2)26(21)25)20-8-9-33(28-20)23-5-3-4-11-35-23/h8-9,13,17-19,23H,3-7,10-12,14-16H2,1-2H3. The first-order valence-corrected chi connectivity index (χ1v) is 13.4. The van der Waals surface area contributed by atoms with Crippen molar-refractivity contribution in [1.29, 1.82) is 0 Å². The van der Waals surface area contributed by atoms with Gasteiger partial charge in [0.1, 0.15) is 34.5 Å². The summed E-state index contributed by atoms with van der Waals surface area (Å²) in [5.41, 5.74) is 4.77. The minimum absolute atomic E-state index is 0.000387. The van der Waals surface area contributed by atoms with E-state index < -0.39 is 0 Å². The first-order chi connectivity index (χ1) is 17.6. The molecule has 4 fully saturated rings. The van der Waals surface area contributed by atoms with Crippen molar-refractivity contribution in [3.05, 3.63) is 18.3 Å². The van der Waals surface area contributed by atoms with E-state index >= 15 is 0 Å².